The summed E-state index contributed by atoms with van der Waals surface area (Å²) in [5.74, 6) is -0.460. The predicted octanol–water partition coefficient (Wildman–Crippen LogP) is -0.108. The Hall–Kier alpha value is -1.36. The highest BCUT2D eigenvalue weighted by atomic mass is 16.1. The van der Waals surface area contributed by atoms with Crippen molar-refractivity contribution in [1.29, 1.82) is 0 Å². The van der Waals surface area contributed by atoms with Gasteiger partial charge in [0.05, 0.1) is 17.8 Å². The fraction of sp³-hybridized carbons (Fsp3) is 0.500. The van der Waals surface area contributed by atoms with Crippen molar-refractivity contribution in [3.8, 4) is 0 Å². The van der Waals surface area contributed by atoms with Crippen LogP contribution in [0.3, 0.4) is 0 Å². The number of primary amides is 1. The van der Waals surface area contributed by atoms with Crippen molar-refractivity contribution < 1.29 is 4.79 Å². The maximum absolute atomic E-state index is 10.8. The molecule has 4 N–H and O–H groups in total. The molecule has 13 heavy (non-hydrogen) atoms. The zero-order valence-corrected chi connectivity index (χ0v) is 7.60. The first kappa shape index (κ1) is 9.73. The average molecular weight is 182 g/mol. The number of aromatic nitrogens is 2. The highest BCUT2D eigenvalue weighted by Crippen LogP contribution is 2.08. The fourth-order valence-electron chi connectivity index (χ4n) is 1.13. The van der Waals surface area contributed by atoms with Gasteiger partial charge in [-0.3, -0.25) is 9.48 Å². The predicted molar refractivity (Wildman–Crippen MR) is 49.1 cm³/mol. The lowest BCUT2D eigenvalue weighted by Gasteiger charge is -2.11. The average Bonchev–Trinajstić information content (AvgIpc) is 2.56. The fourth-order valence-corrected chi connectivity index (χ4v) is 1.13. The summed E-state index contributed by atoms with van der Waals surface area (Å²) in [5, 5.41) is 4.02. The van der Waals surface area contributed by atoms with Crippen LogP contribution < -0.4 is 11.5 Å². The summed E-state index contributed by atoms with van der Waals surface area (Å²) >= 11 is 0. The number of carbonyl (C=O) groups excluding carboxylic acids is 1. The van der Waals surface area contributed by atoms with Crippen molar-refractivity contribution >= 4 is 5.91 Å². The molecule has 0 bridgehead atoms. The first-order chi connectivity index (χ1) is 6.19. The van der Waals surface area contributed by atoms with Crippen molar-refractivity contribution in [2.75, 3.05) is 6.54 Å². The van der Waals surface area contributed by atoms with Crippen LogP contribution in [0.2, 0.25) is 0 Å². The van der Waals surface area contributed by atoms with E-state index in [-0.39, 0.29) is 6.04 Å². The van der Waals surface area contributed by atoms with Crippen LogP contribution in [-0.2, 0) is 0 Å². The third-order valence-corrected chi connectivity index (χ3v) is 2.00. The molecule has 5 nitrogen and oxygen atoms in total. The summed E-state index contributed by atoms with van der Waals surface area (Å²) < 4.78 is 1.68. The molecule has 0 fully saturated rings. The second-order valence-electron chi connectivity index (χ2n) is 2.87. The summed E-state index contributed by atoms with van der Waals surface area (Å²) in [6.45, 7) is 2.53. The minimum atomic E-state index is -0.460. The molecule has 0 radical (unpaired) electrons. The maximum Gasteiger partial charge on any atom is 0.251 e. The first-order valence-corrected chi connectivity index (χ1v) is 4.23. The molecule has 0 spiro atoms. The van der Waals surface area contributed by atoms with Crippen molar-refractivity contribution in [2.45, 2.75) is 19.4 Å². The lowest BCUT2D eigenvalue weighted by Crippen LogP contribution is -2.19. The van der Waals surface area contributed by atoms with Crippen LogP contribution in [0.15, 0.2) is 12.4 Å². The van der Waals surface area contributed by atoms with Gasteiger partial charge in [-0.2, -0.15) is 5.10 Å². The standard InChI is InChI=1S/C8H14N4O/c1-2-7(3-9)12-5-6(4-11-12)8(10)13/h4-5,7H,2-3,9H2,1H3,(H2,10,13). The number of nitrogens with two attached hydrogens (primary N) is 2. The number of nitrogens with zero attached hydrogens (tertiary/aromatic N) is 2. The van der Waals surface area contributed by atoms with Gasteiger partial charge in [-0.05, 0) is 6.42 Å². The molecule has 0 aliphatic heterocycles. The van der Waals surface area contributed by atoms with Crippen molar-refractivity contribution in [2.24, 2.45) is 11.5 Å². The summed E-state index contributed by atoms with van der Waals surface area (Å²) in [5.41, 5.74) is 11.0. The Kier molecular flexibility index (Phi) is 3.02. The molecular formula is C8H14N4O. The van der Waals surface area contributed by atoms with Crippen LogP contribution in [0.25, 0.3) is 0 Å². The van der Waals surface area contributed by atoms with Gasteiger partial charge in [0.25, 0.3) is 5.91 Å². The molecule has 1 rings (SSSR count). The molecule has 0 aliphatic carbocycles. The molecule has 1 aromatic heterocycles. The number of hydrogen-bond acceptors (Lipinski definition) is 3. The van der Waals surface area contributed by atoms with Gasteiger partial charge in [0.2, 0.25) is 0 Å². The molecule has 1 amide bonds. The van der Waals surface area contributed by atoms with E-state index in [1.54, 1.807) is 10.9 Å². The van der Waals surface area contributed by atoms with Crippen molar-refractivity contribution in [3.63, 3.8) is 0 Å². The third-order valence-electron chi connectivity index (χ3n) is 2.00. The van der Waals surface area contributed by atoms with Crippen LogP contribution in [-0.4, -0.2) is 22.2 Å². The zero-order valence-electron chi connectivity index (χ0n) is 7.60. The lowest BCUT2D eigenvalue weighted by molar-refractivity contribution is 0.1000. The van der Waals surface area contributed by atoms with Crippen LogP contribution in [0.1, 0.15) is 29.7 Å². The van der Waals surface area contributed by atoms with Crippen LogP contribution >= 0.6 is 0 Å². The first-order valence-electron chi connectivity index (χ1n) is 4.23. The van der Waals surface area contributed by atoms with E-state index < -0.39 is 5.91 Å². The minimum absolute atomic E-state index is 0.146. The van der Waals surface area contributed by atoms with Crippen LogP contribution in [0.4, 0.5) is 0 Å². The monoisotopic (exact) mass is 182 g/mol. The number of carbonyl (C=O) groups is 1. The topological polar surface area (TPSA) is 86.9 Å². The molecule has 0 aliphatic rings. The van der Waals surface area contributed by atoms with Gasteiger partial charge in [-0.1, -0.05) is 6.92 Å². The maximum atomic E-state index is 10.8. The Morgan fingerprint density at radius 1 is 1.77 bits per heavy atom. The zero-order chi connectivity index (χ0) is 9.84. The quantitative estimate of drug-likeness (QED) is 0.681. The smallest absolute Gasteiger partial charge is 0.251 e. The lowest BCUT2D eigenvalue weighted by atomic mass is 10.2. The van der Waals surface area contributed by atoms with Crippen LogP contribution in [0, 0.1) is 0 Å². The van der Waals surface area contributed by atoms with Crippen LogP contribution in [0.5, 0.6) is 0 Å². The molecule has 72 valence electrons. The van der Waals surface area contributed by atoms with E-state index in [2.05, 4.69) is 5.10 Å². The van der Waals surface area contributed by atoms with E-state index in [0.29, 0.717) is 12.1 Å². The molecular weight excluding hydrogens is 168 g/mol. The molecule has 0 saturated heterocycles. The summed E-state index contributed by atoms with van der Waals surface area (Å²) in [7, 11) is 0. The molecule has 1 heterocycles. The Balaban J connectivity index is 2.84. The summed E-state index contributed by atoms with van der Waals surface area (Å²) in [4.78, 5) is 10.8. The Labute approximate surface area is 76.7 Å². The minimum Gasteiger partial charge on any atom is -0.366 e. The second kappa shape index (κ2) is 4.04. The highest BCUT2D eigenvalue weighted by molar-refractivity contribution is 5.92. The van der Waals surface area contributed by atoms with E-state index in [1.807, 2.05) is 6.92 Å². The number of amides is 1. The third kappa shape index (κ3) is 2.06. The number of rotatable bonds is 4. The van der Waals surface area contributed by atoms with E-state index in [1.165, 1.54) is 6.20 Å². The van der Waals surface area contributed by atoms with E-state index >= 15 is 0 Å². The molecule has 1 aromatic rings. The normalized spacial score (nSPS) is 12.8. The summed E-state index contributed by atoms with van der Waals surface area (Å²) in [6, 6.07) is 0.146. The van der Waals surface area contributed by atoms with Gasteiger partial charge in [0.15, 0.2) is 0 Å². The largest absolute Gasteiger partial charge is 0.366 e. The highest BCUT2D eigenvalue weighted by Gasteiger charge is 2.09. The molecule has 0 saturated carbocycles. The van der Waals surface area contributed by atoms with E-state index in [0.717, 1.165) is 6.42 Å². The van der Waals surface area contributed by atoms with Gasteiger partial charge in [0.1, 0.15) is 0 Å². The van der Waals surface area contributed by atoms with Crippen molar-refractivity contribution in [1.82, 2.24) is 9.78 Å². The molecule has 1 atom stereocenters. The van der Waals surface area contributed by atoms with E-state index in [9.17, 15) is 4.79 Å². The molecule has 5 heteroatoms. The van der Waals surface area contributed by atoms with Gasteiger partial charge in [-0.25, -0.2) is 0 Å². The van der Waals surface area contributed by atoms with Gasteiger partial charge >= 0.3 is 0 Å². The van der Waals surface area contributed by atoms with E-state index in [4.69, 9.17) is 11.5 Å². The second-order valence-corrected chi connectivity index (χ2v) is 2.87. The van der Waals surface area contributed by atoms with Gasteiger partial charge < -0.3 is 11.5 Å². The Morgan fingerprint density at radius 3 is 2.85 bits per heavy atom. The van der Waals surface area contributed by atoms with Gasteiger partial charge in [0, 0.05) is 12.7 Å². The SMILES string of the molecule is CCC(CN)n1cc(C(N)=O)cn1. The Morgan fingerprint density at radius 2 is 2.46 bits per heavy atom. The number of hydrogen-bond donors (Lipinski definition) is 2. The Bertz CT molecular complexity index is 290. The molecule has 0 aromatic carbocycles. The van der Waals surface area contributed by atoms with Crippen molar-refractivity contribution in [3.05, 3.63) is 18.0 Å². The van der Waals surface area contributed by atoms with Gasteiger partial charge in [-0.15, -0.1) is 0 Å². The molecule has 1 unspecified atom stereocenters. The summed E-state index contributed by atoms with van der Waals surface area (Å²) in [6.07, 6.45) is 3.97.